The largest absolute Gasteiger partial charge is 0.369 e. The maximum absolute atomic E-state index is 13.3. The number of thiophene rings is 1. The fraction of sp³-hybridized carbons (Fsp3) is 0.632. The molecule has 1 aliphatic carbocycles. The van der Waals surface area contributed by atoms with Crippen LogP contribution >= 0.6 is 23.1 Å². The van der Waals surface area contributed by atoms with Crippen LogP contribution in [0.5, 0.6) is 0 Å². The molecule has 3 rings (SSSR count). The predicted molar refractivity (Wildman–Crippen MR) is 109 cm³/mol. The molecule has 26 heavy (non-hydrogen) atoms. The van der Waals surface area contributed by atoms with Gasteiger partial charge in [-0.1, -0.05) is 32.5 Å². The number of aryl methyl sites for hydroxylation is 1. The number of hydrogen-bond acceptors (Lipinski definition) is 5. The number of carbonyl (C=O) groups excluding carboxylic acids is 1. The quantitative estimate of drug-likeness (QED) is 0.601. The Balaban J connectivity index is 2.13. The average molecular weight is 394 g/mol. The molecule has 0 fully saturated rings. The summed E-state index contributed by atoms with van der Waals surface area (Å²) in [6, 6.07) is 0. The molecular formula is C19H27N3O2S2. The van der Waals surface area contributed by atoms with Crippen molar-refractivity contribution in [1.29, 1.82) is 0 Å². The van der Waals surface area contributed by atoms with Crippen LogP contribution in [0.15, 0.2) is 9.95 Å². The average Bonchev–Trinajstić information content (AvgIpc) is 2.91. The second-order valence-corrected chi connectivity index (χ2v) is 10.1. The van der Waals surface area contributed by atoms with Crippen molar-refractivity contribution in [2.24, 2.45) is 17.6 Å². The van der Waals surface area contributed by atoms with E-state index in [1.54, 1.807) is 22.8 Å². The summed E-state index contributed by atoms with van der Waals surface area (Å²) in [6.07, 6.45) is 4.01. The molecule has 7 heteroatoms. The fourth-order valence-electron chi connectivity index (χ4n) is 3.30. The summed E-state index contributed by atoms with van der Waals surface area (Å²) in [5.74, 6) is 0.753. The van der Waals surface area contributed by atoms with E-state index in [9.17, 15) is 9.59 Å². The summed E-state index contributed by atoms with van der Waals surface area (Å²) in [7, 11) is 0. The van der Waals surface area contributed by atoms with Gasteiger partial charge >= 0.3 is 0 Å². The number of nitrogens with zero attached hydrogens (tertiary/aromatic N) is 2. The monoisotopic (exact) mass is 393 g/mol. The molecule has 2 atom stereocenters. The van der Waals surface area contributed by atoms with E-state index in [4.69, 9.17) is 10.7 Å². The molecule has 0 saturated heterocycles. The second kappa shape index (κ2) is 7.72. The summed E-state index contributed by atoms with van der Waals surface area (Å²) < 4.78 is 1.76. The summed E-state index contributed by atoms with van der Waals surface area (Å²) in [5, 5.41) is 0.997. The van der Waals surface area contributed by atoms with Gasteiger partial charge < -0.3 is 5.73 Å². The first kappa shape index (κ1) is 19.4. The number of aromatic nitrogens is 2. The number of hydrogen-bond donors (Lipinski definition) is 1. The van der Waals surface area contributed by atoms with Gasteiger partial charge in [0.05, 0.1) is 10.6 Å². The molecule has 2 aromatic heterocycles. The third-order valence-electron chi connectivity index (χ3n) is 4.99. The van der Waals surface area contributed by atoms with Crippen molar-refractivity contribution in [3.8, 4) is 0 Å². The van der Waals surface area contributed by atoms with E-state index in [0.717, 1.165) is 35.9 Å². The molecule has 5 nitrogen and oxygen atoms in total. The lowest BCUT2D eigenvalue weighted by molar-refractivity contribution is -0.117. The lowest BCUT2D eigenvalue weighted by Gasteiger charge is -2.18. The van der Waals surface area contributed by atoms with Crippen LogP contribution in [-0.2, 0) is 24.2 Å². The van der Waals surface area contributed by atoms with E-state index < -0.39 is 5.25 Å². The van der Waals surface area contributed by atoms with Gasteiger partial charge in [0.15, 0.2) is 5.16 Å². The van der Waals surface area contributed by atoms with Gasteiger partial charge in [0.25, 0.3) is 5.56 Å². The molecule has 1 aliphatic rings. The Morgan fingerprint density at radius 3 is 2.81 bits per heavy atom. The highest BCUT2D eigenvalue weighted by Crippen LogP contribution is 2.37. The van der Waals surface area contributed by atoms with Crippen molar-refractivity contribution in [2.75, 3.05) is 0 Å². The SMILES string of the molecule is CC(C)CCn1c(S[C@H](C)C(N)=O)nc2sc3c(c2c1=O)CC[C@H](C)C3. The van der Waals surface area contributed by atoms with Gasteiger partial charge in [-0.05, 0) is 50.0 Å². The number of rotatable bonds is 6. The summed E-state index contributed by atoms with van der Waals surface area (Å²) in [4.78, 5) is 31.8. The Labute approximate surface area is 162 Å². The van der Waals surface area contributed by atoms with Crippen molar-refractivity contribution < 1.29 is 4.79 Å². The van der Waals surface area contributed by atoms with Gasteiger partial charge in [0.1, 0.15) is 4.83 Å². The van der Waals surface area contributed by atoms with Gasteiger partial charge in [-0.15, -0.1) is 11.3 Å². The van der Waals surface area contributed by atoms with Crippen molar-refractivity contribution in [3.63, 3.8) is 0 Å². The zero-order valence-electron chi connectivity index (χ0n) is 15.9. The molecule has 0 spiro atoms. The number of thioether (sulfide) groups is 1. The van der Waals surface area contributed by atoms with Crippen molar-refractivity contribution in [2.45, 2.75) is 70.3 Å². The number of carbonyl (C=O) groups is 1. The van der Waals surface area contributed by atoms with Gasteiger partial charge in [0, 0.05) is 11.4 Å². The standard InChI is InChI=1S/C19H27N3O2S2/c1-10(2)7-8-22-18(24)15-13-6-5-11(3)9-14(13)26-17(15)21-19(22)25-12(4)16(20)23/h10-12H,5-9H2,1-4H3,(H2,20,23)/t11-,12+/m0/s1. The second-order valence-electron chi connectivity index (χ2n) is 7.73. The Morgan fingerprint density at radius 1 is 1.42 bits per heavy atom. The van der Waals surface area contributed by atoms with Crippen LogP contribution in [-0.4, -0.2) is 20.7 Å². The number of amides is 1. The maximum Gasteiger partial charge on any atom is 0.263 e. The molecular weight excluding hydrogens is 366 g/mol. The molecule has 0 radical (unpaired) electrons. The minimum absolute atomic E-state index is 0.0434. The van der Waals surface area contributed by atoms with Crippen molar-refractivity contribution in [3.05, 3.63) is 20.8 Å². The third kappa shape index (κ3) is 3.83. The van der Waals surface area contributed by atoms with Crippen LogP contribution in [0.3, 0.4) is 0 Å². The van der Waals surface area contributed by atoms with E-state index in [0.29, 0.717) is 23.5 Å². The molecule has 2 heterocycles. The van der Waals surface area contributed by atoms with Crippen LogP contribution in [0, 0.1) is 11.8 Å². The normalized spacial score (nSPS) is 18.3. The smallest absolute Gasteiger partial charge is 0.263 e. The first-order chi connectivity index (χ1) is 12.3. The Morgan fingerprint density at radius 2 is 2.15 bits per heavy atom. The molecule has 0 bridgehead atoms. The highest BCUT2D eigenvalue weighted by Gasteiger charge is 2.25. The molecule has 1 amide bonds. The minimum atomic E-state index is -0.417. The van der Waals surface area contributed by atoms with E-state index in [-0.39, 0.29) is 11.5 Å². The van der Waals surface area contributed by atoms with Gasteiger partial charge in [-0.2, -0.15) is 0 Å². The first-order valence-corrected chi connectivity index (χ1v) is 11.0. The van der Waals surface area contributed by atoms with Crippen LogP contribution in [0.25, 0.3) is 10.2 Å². The number of fused-ring (bicyclic) bond motifs is 3. The van der Waals surface area contributed by atoms with Gasteiger partial charge in [-0.25, -0.2) is 4.98 Å². The Bertz CT molecular complexity index is 885. The van der Waals surface area contributed by atoms with Gasteiger partial charge in [-0.3, -0.25) is 14.2 Å². The summed E-state index contributed by atoms with van der Waals surface area (Å²) in [6.45, 7) is 8.93. The zero-order valence-corrected chi connectivity index (χ0v) is 17.5. The first-order valence-electron chi connectivity index (χ1n) is 9.29. The summed E-state index contributed by atoms with van der Waals surface area (Å²) >= 11 is 2.94. The molecule has 0 unspecified atom stereocenters. The number of primary amides is 1. The van der Waals surface area contributed by atoms with Crippen LogP contribution in [0.4, 0.5) is 0 Å². The molecule has 0 aromatic carbocycles. The van der Waals surface area contributed by atoms with Crippen LogP contribution in [0.2, 0.25) is 0 Å². The maximum atomic E-state index is 13.3. The fourth-order valence-corrected chi connectivity index (χ4v) is 5.60. The van der Waals surface area contributed by atoms with Crippen molar-refractivity contribution >= 4 is 39.2 Å². The molecule has 2 aromatic rings. The topological polar surface area (TPSA) is 78.0 Å². The molecule has 0 aliphatic heterocycles. The van der Waals surface area contributed by atoms with E-state index >= 15 is 0 Å². The van der Waals surface area contributed by atoms with Gasteiger partial charge in [0.2, 0.25) is 5.91 Å². The van der Waals surface area contributed by atoms with E-state index in [1.165, 1.54) is 22.2 Å². The molecule has 2 N–H and O–H groups in total. The third-order valence-corrected chi connectivity index (χ3v) is 7.25. The molecule has 0 saturated carbocycles. The Hall–Kier alpha value is -1.34. The highest BCUT2D eigenvalue weighted by molar-refractivity contribution is 8.00. The lowest BCUT2D eigenvalue weighted by Crippen LogP contribution is -2.28. The predicted octanol–water partition coefficient (Wildman–Crippen LogP) is 3.59. The Kier molecular flexibility index (Phi) is 5.77. The minimum Gasteiger partial charge on any atom is -0.369 e. The van der Waals surface area contributed by atoms with Crippen molar-refractivity contribution in [1.82, 2.24) is 9.55 Å². The highest BCUT2D eigenvalue weighted by atomic mass is 32.2. The zero-order chi connectivity index (χ0) is 19.0. The molecule has 142 valence electrons. The van der Waals surface area contributed by atoms with Crippen LogP contribution < -0.4 is 11.3 Å². The van der Waals surface area contributed by atoms with E-state index in [2.05, 4.69) is 20.8 Å². The summed E-state index contributed by atoms with van der Waals surface area (Å²) in [5.41, 5.74) is 6.68. The number of nitrogens with two attached hydrogens (primary N) is 1. The van der Waals surface area contributed by atoms with Crippen LogP contribution in [0.1, 0.15) is 51.0 Å². The van der Waals surface area contributed by atoms with E-state index in [1.807, 2.05) is 0 Å². The lowest BCUT2D eigenvalue weighted by atomic mass is 9.89.